The second-order valence-corrected chi connectivity index (χ2v) is 9.30. The van der Waals surface area contributed by atoms with Crippen LogP contribution in [0.3, 0.4) is 0 Å². The molecule has 29 heavy (non-hydrogen) atoms. The van der Waals surface area contributed by atoms with Gasteiger partial charge >= 0.3 is 12.0 Å². The van der Waals surface area contributed by atoms with E-state index in [0.717, 1.165) is 37.9 Å². The third kappa shape index (κ3) is 5.60. The molecular weight excluding hydrogens is 396 g/mol. The third-order valence-electron chi connectivity index (χ3n) is 5.20. The number of amides is 2. The summed E-state index contributed by atoms with van der Waals surface area (Å²) in [5, 5.41) is 2.92. The molecule has 1 aromatic carbocycles. The maximum absolute atomic E-state index is 12.9. The number of hydrogen-bond donors (Lipinski definition) is 2. The van der Waals surface area contributed by atoms with Crippen molar-refractivity contribution in [2.75, 3.05) is 49.8 Å². The van der Waals surface area contributed by atoms with Crippen molar-refractivity contribution >= 4 is 33.4 Å². The Morgan fingerprint density at radius 2 is 1.86 bits per heavy atom. The molecule has 0 radical (unpaired) electrons. The van der Waals surface area contributed by atoms with Gasteiger partial charge in [0.05, 0.1) is 30.3 Å². The van der Waals surface area contributed by atoms with Gasteiger partial charge in [0.1, 0.15) is 0 Å². The quantitative estimate of drug-likeness (QED) is 0.696. The predicted molar refractivity (Wildman–Crippen MR) is 111 cm³/mol. The summed E-state index contributed by atoms with van der Waals surface area (Å²) in [7, 11) is -2.02. The molecule has 1 aromatic rings. The number of likely N-dealkylation sites (tertiary alicyclic amines) is 1. The summed E-state index contributed by atoms with van der Waals surface area (Å²) in [5.74, 6) is -0.469. The van der Waals surface area contributed by atoms with Gasteiger partial charge in [0, 0.05) is 32.2 Å². The Kier molecular flexibility index (Phi) is 6.63. The molecular formula is C19H28N4O5S. The number of carbonyl (C=O) groups is 2. The van der Waals surface area contributed by atoms with Crippen LogP contribution >= 0.6 is 0 Å². The Balaban J connectivity index is 1.78. The largest absolute Gasteiger partial charge is 0.465 e. The molecule has 2 aliphatic rings. The molecule has 0 saturated carbocycles. The lowest BCUT2D eigenvalue weighted by Crippen LogP contribution is -2.50. The van der Waals surface area contributed by atoms with Crippen LogP contribution in [0.15, 0.2) is 18.2 Å². The highest BCUT2D eigenvalue weighted by Gasteiger charge is 2.27. The van der Waals surface area contributed by atoms with E-state index in [2.05, 4.69) is 14.9 Å². The first-order valence-corrected chi connectivity index (χ1v) is 11.7. The number of urea groups is 1. The topological polar surface area (TPSA) is 108 Å². The Hall–Kier alpha value is -2.33. The number of hydrogen-bond acceptors (Lipinski definition) is 6. The highest BCUT2D eigenvalue weighted by atomic mass is 32.2. The van der Waals surface area contributed by atoms with E-state index in [9.17, 15) is 18.0 Å². The van der Waals surface area contributed by atoms with Gasteiger partial charge in [-0.1, -0.05) is 0 Å². The predicted octanol–water partition coefficient (Wildman–Crippen LogP) is 1.62. The van der Waals surface area contributed by atoms with Crippen molar-refractivity contribution in [2.24, 2.45) is 0 Å². The van der Waals surface area contributed by atoms with E-state index in [1.54, 1.807) is 17.0 Å². The summed E-state index contributed by atoms with van der Waals surface area (Å²) in [6, 6.07) is 4.55. The monoisotopic (exact) mass is 424 g/mol. The first kappa shape index (κ1) is 21.4. The zero-order valence-corrected chi connectivity index (χ0v) is 17.6. The number of anilines is 2. The van der Waals surface area contributed by atoms with Gasteiger partial charge in [0.2, 0.25) is 10.0 Å². The molecule has 0 bridgehead atoms. The van der Waals surface area contributed by atoms with Gasteiger partial charge in [-0.25, -0.2) is 22.7 Å². The highest BCUT2D eigenvalue weighted by Crippen LogP contribution is 2.31. The van der Waals surface area contributed by atoms with Gasteiger partial charge in [0.25, 0.3) is 0 Å². The number of benzene rings is 1. The Bertz CT molecular complexity index is 867. The average molecular weight is 425 g/mol. The van der Waals surface area contributed by atoms with Crippen molar-refractivity contribution in [3.05, 3.63) is 23.8 Å². The molecule has 0 spiro atoms. The van der Waals surface area contributed by atoms with E-state index in [-0.39, 0.29) is 12.1 Å². The molecule has 3 rings (SSSR count). The molecule has 2 aliphatic heterocycles. The van der Waals surface area contributed by atoms with E-state index in [1.807, 2.05) is 6.07 Å². The number of ether oxygens (including phenoxy) is 1. The van der Waals surface area contributed by atoms with Crippen LogP contribution in [0, 0.1) is 0 Å². The summed E-state index contributed by atoms with van der Waals surface area (Å²) in [4.78, 5) is 28.6. The molecule has 9 nitrogen and oxygen atoms in total. The second-order valence-electron chi connectivity index (χ2n) is 7.52. The zero-order valence-electron chi connectivity index (χ0n) is 16.8. The number of methoxy groups -OCH3 is 1. The minimum Gasteiger partial charge on any atom is -0.465 e. The van der Waals surface area contributed by atoms with Crippen molar-refractivity contribution in [1.29, 1.82) is 0 Å². The first-order valence-electron chi connectivity index (χ1n) is 9.77. The molecule has 2 heterocycles. The van der Waals surface area contributed by atoms with Crippen LogP contribution in [0.5, 0.6) is 0 Å². The van der Waals surface area contributed by atoms with Crippen LogP contribution in [0.1, 0.15) is 36.0 Å². The average Bonchev–Trinajstić information content (AvgIpc) is 3.20. The maximum atomic E-state index is 12.9. The van der Waals surface area contributed by atoms with Gasteiger partial charge in [-0.3, -0.25) is 0 Å². The van der Waals surface area contributed by atoms with Crippen LogP contribution in [0.25, 0.3) is 0 Å². The molecule has 10 heteroatoms. The van der Waals surface area contributed by atoms with Gasteiger partial charge in [0.15, 0.2) is 0 Å². The number of piperidine rings is 1. The van der Waals surface area contributed by atoms with E-state index < -0.39 is 16.0 Å². The van der Waals surface area contributed by atoms with Crippen LogP contribution in [-0.2, 0) is 14.8 Å². The van der Waals surface area contributed by atoms with Gasteiger partial charge < -0.3 is 19.9 Å². The first-order chi connectivity index (χ1) is 13.8. The van der Waals surface area contributed by atoms with E-state index in [4.69, 9.17) is 4.74 Å². The smallest absolute Gasteiger partial charge is 0.337 e. The molecule has 2 N–H and O–H groups in total. The third-order valence-corrected chi connectivity index (χ3v) is 5.96. The van der Waals surface area contributed by atoms with Crippen molar-refractivity contribution < 1.29 is 22.7 Å². The fourth-order valence-corrected chi connectivity index (χ4v) is 4.67. The van der Waals surface area contributed by atoms with E-state index in [1.165, 1.54) is 7.11 Å². The fraction of sp³-hybridized carbons (Fsp3) is 0.579. The summed E-state index contributed by atoms with van der Waals surface area (Å²) in [6.07, 6.45) is 4.68. The number of carbonyl (C=O) groups excluding carboxylic acids is 2. The highest BCUT2D eigenvalue weighted by molar-refractivity contribution is 7.88. The Labute approximate surface area is 171 Å². The summed E-state index contributed by atoms with van der Waals surface area (Å²) >= 11 is 0. The number of rotatable bonds is 5. The molecule has 160 valence electrons. The molecule has 0 aliphatic carbocycles. The molecule has 2 fully saturated rings. The number of esters is 1. The van der Waals surface area contributed by atoms with Crippen molar-refractivity contribution in [1.82, 2.24) is 9.62 Å². The normalized spacial score (nSPS) is 19.9. The molecule has 2 saturated heterocycles. The maximum Gasteiger partial charge on any atom is 0.337 e. The van der Waals surface area contributed by atoms with Crippen molar-refractivity contribution in [3.63, 3.8) is 0 Å². The molecule has 0 aromatic heterocycles. The summed E-state index contributed by atoms with van der Waals surface area (Å²) in [6.45, 7) is 2.63. The van der Waals surface area contributed by atoms with Crippen molar-refractivity contribution in [3.8, 4) is 0 Å². The van der Waals surface area contributed by atoms with E-state index in [0.29, 0.717) is 37.2 Å². The van der Waals surface area contributed by atoms with Crippen LogP contribution in [0.4, 0.5) is 16.2 Å². The summed E-state index contributed by atoms with van der Waals surface area (Å²) < 4.78 is 30.4. The van der Waals surface area contributed by atoms with Gasteiger partial charge in [-0.15, -0.1) is 0 Å². The summed E-state index contributed by atoms with van der Waals surface area (Å²) in [5.41, 5.74) is 1.78. The molecule has 1 atom stereocenters. The zero-order chi connectivity index (χ0) is 21.0. The lowest BCUT2D eigenvalue weighted by Gasteiger charge is -2.33. The minimum absolute atomic E-state index is 0.300. The Morgan fingerprint density at radius 3 is 2.52 bits per heavy atom. The van der Waals surface area contributed by atoms with E-state index >= 15 is 0 Å². The number of nitrogens with one attached hydrogen (secondary N) is 2. The standard InChI is InChI=1S/C19H28N4O5S/c1-28-18(24)14-7-8-17(22-9-3-4-10-22)16(12-14)20-19(25)23-11-5-6-15(13-23)21-29(2,26)27/h7-8,12,15,21H,3-6,9-11,13H2,1-2H3,(H,20,25)/t15-/m0/s1. The van der Waals surface area contributed by atoms with Crippen molar-refractivity contribution in [2.45, 2.75) is 31.7 Å². The van der Waals surface area contributed by atoms with Crippen LogP contribution < -0.4 is 14.9 Å². The molecule has 0 unspecified atom stereocenters. The van der Waals surface area contributed by atoms with Gasteiger partial charge in [-0.2, -0.15) is 0 Å². The Morgan fingerprint density at radius 1 is 1.14 bits per heavy atom. The van der Waals surface area contributed by atoms with Crippen LogP contribution in [-0.4, -0.2) is 70.9 Å². The van der Waals surface area contributed by atoms with Crippen LogP contribution in [0.2, 0.25) is 0 Å². The van der Waals surface area contributed by atoms with Gasteiger partial charge in [-0.05, 0) is 43.9 Å². The minimum atomic E-state index is -3.33. The number of sulfonamides is 1. The second kappa shape index (κ2) is 9.00. The lowest BCUT2D eigenvalue weighted by atomic mass is 10.1. The number of nitrogens with zero attached hydrogens (tertiary/aromatic N) is 2. The molecule has 2 amide bonds. The lowest BCUT2D eigenvalue weighted by molar-refractivity contribution is 0.0600. The SMILES string of the molecule is COC(=O)c1ccc(N2CCCC2)c(NC(=O)N2CCC[C@H](NS(C)(=O)=O)C2)c1. The fourth-order valence-electron chi connectivity index (χ4n) is 3.87.